The predicted octanol–water partition coefficient (Wildman–Crippen LogP) is 3.16. The van der Waals surface area contributed by atoms with Gasteiger partial charge in [-0.25, -0.2) is 8.42 Å². The largest absolute Gasteiger partial charge is 0.352 e. The lowest BCUT2D eigenvalue weighted by molar-refractivity contribution is -0.121. The van der Waals surface area contributed by atoms with Crippen molar-refractivity contribution in [3.05, 3.63) is 76.9 Å². The summed E-state index contributed by atoms with van der Waals surface area (Å²) in [6.45, 7) is 4.43. The van der Waals surface area contributed by atoms with E-state index in [0.717, 1.165) is 17.5 Å². The van der Waals surface area contributed by atoms with Crippen LogP contribution in [0.25, 0.3) is 0 Å². The van der Waals surface area contributed by atoms with E-state index in [2.05, 4.69) is 22.4 Å². The molecule has 8 heteroatoms. The van der Waals surface area contributed by atoms with E-state index in [0.29, 0.717) is 6.54 Å². The number of amides is 1. The summed E-state index contributed by atoms with van der Waals surface area (Å²) in [5, 5.41) is 6.59. The molecule has 158 valence electrons. The van der Waals surface area contributed by atoms with E-state index in [4.69, 9.17) is 4.52 Å². The average molecular weight is 428 g/mol. The SMILES string of the molecule is CCc1ccc(CNC(=O)CCc2nc(CS(=O)(=O)c3ccc(C)cc3)no2)cc1. The maximum atomic E-state index is 12.5. The monoisotopic (exact) mass is 427 g/mol. The summed E-state index contributed by atoms with van der Waals surface area (Å²) in [4.78, 5) is 16.4. The fraction of sp³-hybridized carbons (Fsp3) is 0.318. The first-order valence-corrected chi connectivity index (χ1v) is 11.5. The van der Waals surface area contributed by atoms with E-state index < -0.39 is 9.84 Å². The van der Waals surface area contributed by atoms with Crippen LogP contribution in [-0.4, -0.2) is 24.5 Å². The van der Waals surface area contributed by atoms with E-state index in [9.17, 15) is 13.2 Å². The van der Waals surface area contributed by atoms with E-state index in [1.165, 1.54) is 5.56 Å². The van der Waals surface area contributed by atoms with Crippen LogP contribution in [0.4, 0.5) is 0 Å². The van der Waals surface area contributed by atoms with Gasteiger partial charge in [0, 0.05) is 19.4 Å². The minimum absolute atomic E-state index is 0.0852. The molecule has 0 saturated carbocycles. The summed E-state index contributed by atoms with van der Waals surface area (Å²) in [6.07, 6.45) is 1.41. The summed E-state index contributed by atoms with van der Waals surface area (Å²) in [5.41, 5.74) is 3.26. The van der Waals surface area contributed by atoms with Crippen LogP contribution in [0.1, 0.15) is 41.8 Å². The minimum Gasteiger partial charge on any atom is -0.352 e. The number of carbonyl (C=O) groups excluding carboxylic acids is 1. The predicted molar refractivity (Wildman–Crippen MR) is 112 cm³/mol. The molecule has 0 radical (unpaired) electrons. The molecule has 0 fully saturated rings. The highest BCUT2D eigenvalue weighted by Crippen LogP contribution is 2.16. The van der Waals surface area contributed by atoms with Crippen LogP contribution in [0, 0.1) is 6.92 Å². The molecule has 1 N–H and O–H groups in total. The first kappa shape index (κ1) is 21.7. The van der Waals surface area contributed by atoms with Gasteiger partial charge >= 0.3 is 0 Å². The molecular formula is C22H25N3O4S. The van der Waals surface area contributed by atoms with Crippen LogP contribution in [0.15, 0.2) is 57.9 Å². The van der Waals surface area contributed by atoms with E-state index in [1.54, 1.807) is 24.3 Å². The van der Waals surface area contributed by atoms with Gasteiger partial charge in [-0.15, -0.1) is 0 Å². The minimum atomic E-state index is -3.56. The Hall–Kier alpha value is -3.00. The third-order valence-corrected chi connectivity index (χ3v) is 6.32. The molecule has 30 heavy (non-hydrogen) atoms. The number of aryl methyl sites for hydroxylation is 3. The lowest BCUT2D eigenvalue weighted by Gasteiger charge is -2.05. The van der Waals surface area contributed by atoms with Crippen LogP contribution in [0.5, 0.6) is 0 Å². The zero-order valence-corrected chi connectivity index (χ0v) is 17.9. The van der Waals surface area contributed by atoms with Gasteiger partial charge in [-0.1, -0.05) is 54.0 Å². The third kappa shape index (κ3) is 6.00. The molecule has 3 aromatic rings. The highest BCUT2D eigenvalue weighted by molar-refractivity contribution is 7.90. The first-order valence-electron chi connectivity index (χ1n) is 9.81. The Kier molecular flexibility index (Phi) is 6.99. The lowest BCUT2D eigenvalue weighted by atomic mass is 10.1. The van der Waals surface area contributed by atoms with Crippen LogP contribution in [0.3, 0.4) is 0 Å². The van der Waals surface area contributed by atoms with Gasteiger partial charge in [-0.2, -0.15) is 4.98 Å². The van der Waals surface area contributed by atoms with Crippen LogP contribution >= 0.6 is 0 Å². The first-order chi connectivity index (χ1) is 14.4. The lowest BCUT2D eigenvalue weighted by Crippen LogP contribution is -2.23. The second-order valence-corrected chi connectivity index (χ2v) is 9.11. The molecule has 0 aliphatic carbocycles. The standard InChI is InChI=1S/C22H25N3O4S/c1-3-17-6-8-18(9-7-17)14-23-21(26)12-13-22-24-20(25-29-22)15-30(27,28)19-10-4-16(2)5-11-19/h4-11H,3,12-15H2,1-2H3,(H,23,26). The van der Waals surface area contributed by atoms with Crippen molar-refractivity contribution in [1.29, 1.82) is 0 Å². The topological polar surface area (TPSA) is 102 Å². The Morgan fingerprint density at radius 1 is 1.03 bits per heavy atom. The average Bonchev–Trinajstić information content (AvgIpc) is 3.18. The van der Waals surface area contributed by atoms with Gasteiger partial charge in [0.2, 0.25) is 11.8 Å². The molecule has 1 aromatic heterocycles. The molecule has 0 atom stereocenters. The molecular weight excluding hydrogens is 402 g/mol. The van der Waals surface area contributed by atoms with Crippen molar-refractivity contribution in [2.75, 3.05) is 0 Å². The summed E-state index contributed by atoms with van der Waals surface area (Å²) in [7, 11) is -3.56. The van der Waals surface area contributed by atoms with E-state index in [1.807, 2.05) is 31.2 Å². The van der Waals surface area contributed by atoms with Crippen molar-refractivity contribution >= 4 is 15.7 Å². The third-order valence-electron chi connectivity index (χ3n) is 4.70. The number of nitrogens with one attached hydrogen (secondary N) is 1. The van der Waals surface area contributed by atoms with Crippen molar-refractivity contribution < 1.29 is 17.7 Å². The van der Waals surface area contributed by atoms with Gasteiger partial charge in [0.15, 0.2) is 15.7 Å². The van der Waals surface area contributed by atoms with Gasteiger partial charge in [0.25, 0.3) is 0 Å². The van der Waals surface area contributed by atoms with Crippen molar-refractivity contribution in [3.8, 4) is 0 Å². The van der Waals surface area contributed by atoms with E-state index in [-0.39, 0.29) is 41.1 Å². The smallest absolute Gasteiger partial charge is 0.227 e. The molecule has 0 aliphatic heterocycles. The second-order valence-electron chi connectivity index (χ2n) is 7.12. The fourth-order valence-electron chi connectivity index (χ4n) is 2.85. The maximum absolute atomic E-state index is 12.5. The number of hydrogen-bond acceptors (Lipinski definition) is 6. The fourth-order valence-corrected chi connectivity index (χ4v) is 4.03. The second kappa shape index (κ2) is 9.67. The number of aromatic nitrogens is 2. The zero-order valence-electron chi connectivity index (χ0n) is 17.1. The number of benzene rings is 2. The molecule has 1 heterocycles. The molecule has 3 rings (SSSR count). The van der Waals surface area contributed by atoms with E-state index >= 15 is 0 Å². The maximum Gasteiger partial charge on any atom is 0.227 e. The van der Waals surface area contributed by atoms with Crippen LogP contribution < -0.4 is 5.32 Å². The summed E-state index contributed by atoms with van der Waals surface area (Å²) in [5.74, 6) is -0.158. The van der Waals surface area contributed by atoms with Crippen molar-refractivity contribution in [2.24, 2.45) is 0 Å². The number of nitrogens with zero attached hydrogens (tertiary/aromatic N) is 2. The van der Waals surface area contributed by atoms with Gasteiger partial charge < -0.3 is 9.84 Å². The van der Waals surface area contributed by atoms with Crippen molar-refractivity contribution in [1.82, 2.24) is 15.5 Å². The van der Waals surface area contributed by atoms with Gasteiger partial charge in [-0.3, -0.25) is 4.79 Å². The molecule has 1 amide bonds. The molecule has 0 saturated heterocycles. The number of carbonyl (C=O) groups is 1. The van der Waals surface area contributed by atoms with Crippen molar-refractivity contribution in [3.63, 3.8) is 0 Å². The molecule has 0 spiro atoms. The van der Waals surface area contributed by atoms with Gasteiger partial charge in [-0.05, 0) is 36.6 Å². The molecule has 0 aliphatic rings. The van der Waals surface area contributed by atoms with Gasteiger partial charge in [0.1, 0.15) is 5.75 Å². The molecule has 7 nitrogen and oxygen atoms in total. The normalized spacial score (nSPS) is 11.4. The molecule has 2 aromatic carbocycles. The quantitative estimate of drug-likeness (QED) is 0.563. The summed E-state index contributed by atoms with van der Waals surface area (Å²) < 4.78 is 30.0. The Balaban J connectivity index is 1.48. The highest BCUT2D eigenvalue weighted by atomic mass is 32.2. The Labute approximate surface area is 176 Å². The van der Waals surface area contributed by atoms with Gasteiger partial charge in [0.05, 0.1) is 4.90 Å². The number of sulfone groups is 1. The van der Waals surface area contributed by atoms with Crippen LogP contribution in [-0.2, 0) is 39.8 Å². The van der Waals surface area contributed by atoms with Crippen LogP contribution in [0.2, 0.25) is 0 Å². The molecule has 0 bridgehead atoms. The number of rotatable bonds is 9. The Morgan fingerprint density at radius 2 is 1.70 bits per heavy atom. The Morgan fingerprint density at radius 3 is 2.37 bits per heavy atom. The van der Waals surface area contributed by atoms with Crippen molar-refractivity contribution in [2.45, 2.75) is 50.3 Å². The summed E-state index contributed by atoms with van der Waals surface area (Å²) >= 11 is 0. The Bertz CT molecular complexity index is 1090. The summed E-state index contributed by atoms with van der Waals surface area (Å²) in [6, 6.07) is 14.7. The highest BCUT2D eigenvalue weighted by Gasteiger charge is 2.19. The molecule has 0 unspecified atom stereocenters. The zero-order chi connectivity index (χ0) is 21.6. The number of hydrogen-bond donors (Lipinski definition) is 1.